The van der Waals surface area contributed by atoms with Gasteiger partial charge in [0.05, 0.1) is 0 Å². The number of anilines is 2. The Hall–Kier alpha value is -2.28. The molecule has 3 fully saturated rings. The predicted molar refractivity (Wildman–Crippen MR) is 103 cm³/mol. The molecular weight excluding hydrogens is 340 g/mol. The van der Waals surface area contributed by atoms with E-state index in [2.05, 4.69) is 30.8 Å². The first kappa shape index (κ1) is 16.9. The van der Waals surface area contributed by atoms with Gasteiger partial charge in [0.15, 0.2) is 0 Å². The molecule has 0 aromatic carbocycles. The molecule has 1 aliphatic carbocycles. The lowest BCUT2D eigenvalue weighted by molar-refractivity contribution is 0.0845. The third-order valence-electron chi connectivity index (χ3n) is 5.84. The van der Waals surface area contributed by atoms with Crippen molar-refractivity contribution in [1.29, 1.82) is 0 Å². The van der Waals surface area contributed by atoms with Crippen LogP contribution in [-0.2, 0) is 4.74 Å². The van der Waals surface area contributed by atoms with Crippen molar-refractivity contribution in [2.24, 2.45) is 0 Å². The van der Waals surface area contributed by atoms with Crippen molar-refractivity contribution < 1.29 is 4.74 Å². The number of ether oxygens (including phenoxy) is 1. The molecule has 2 aliphatic heterocycles. The van der Waals surface area contributed by atoms with E-state index in [9.17, 15) is 0 Å². The van der Waals surface area contributed by atoms with Crippen LogP contribution in [0.3, 0.4) is 0 Å². The van der Waals surface area contributed by atoms with Crippen LogP contribution in [0.25, 0.3) is 0 Å². The van der Waals surface area contributed by atoms with Crippen molar-refractivity contribution in [3.63, 3.8) is 0 Å². The van der Waals surface area contributed by atoms with Gasteiger partial charge in [-0.3, -0.25) is 0 Å². The molecule has 0 atom stereocenters. The summed E-state index contributed by atoms with van der Waals surface area (Å²) in [5.74, 6) is 4.23. The SMILES string of the molecule is c1nc(C2CCOCC2)cc(N2CCN(c3ccnc(C4CC4)n3)CC2)n1. The van der Waals surface area contributed by atoms with E-state index in [0.29, 0.717) is 11.8 Å². The van der Waals surface area contributed by atoms with Gasteiger partial charge in [-0.15, -0.1) is 0 Å². The molecule has 7 nitrogen and oxygen atoms in total. The second kappa shape index (κ2) is 7.38. The van der Waals surface area contributed by atoms with Gasteiger partial charge in [0, 0.05) is 69.2 Å². The molecule has 4 heterocycles. The van der Waals surface area contributed by atoms with Crippen LogP contribution in [0.2, 0.25) is 0 Å². The number of rotatable bonds is 4. The van der Waals surface area contributed by atoms with Crippen LogP contribution in [0, 0.1) is 0 Å². The number of nitrogens with zero attached hydrogens (tertiary/aromatic N) is 6. The molecule has 5 rings (SSSR count). The summed E-state index contributed by atoms with van der Waals surface area (Å²) in [6.07, 6.45) is 8.22. The molecule has 0 amide bonds. The molecule has 1 saturated carbocycles. The molecule has 27 heavy (non-hydrogen) atoms. The first-order valence-electron chi connectivity index (χ1n) is 10.1. The predicted octanol–water partition coefficient (Wildman–Crippen LogP) is 2.36. The van der Waals surface area contributed by atoms with Gasteiger partial charge in [-0.25, -0.2) is 19.9 Å². The van der Waals surface area contributed by atoms with Crippen molar-refractivity contribution >= 4 is 11.6 Å². The molecule has 0 spiro atoms. The van der Waals surface area contributed by atoms with Gasteiger partial charge in [0.25, 0.3) is 0 Å². The maximum atomic E-state index is 5.48. The van der Waals surface area contributed by atoms with E-state index in [1.165, 1.54) is 12.8 Å². The second-order valence-corrected chi connectivity index (χ2v) is 7.71. The fourth-order valence-corrected chi connectivity index (χ4v) is 3.99. The molecule has 0 N–H and O–H groups in total. The van der Waals surface area contributed by atoms with E-state index >= 15 is 0 Å². The van der Waals surface area contributed by atoms with Gasteiger partial charge in [-0.1, -0.05) is 0 Å². The van der Waals surface area contributed by atoms with Gasteiger partial charge in [0.1, 0.15) is 23.8 Å². The highest BCUT2D eigenvalue weighted by Crippen LogP contribution is 2.38. The van der Waals surface area contributed by atoms with Crippen LogP contribution in [0.1, 0.15) is 49.0 Å². The molecule has 0 radical (unpaired) electrons. The van der Waals surface area contributed by atoms with Crippen LogP contribution >= 0.6 is 0 Å². The Morgan fingerprint density at radius 3 is 2.30 bits per heavy atom. The van der Waals surface area contributed by atoms with Crippen molar-refractivity contribution in [3.05, 3.63) is 36.2 Å². The molecule has 2 aromatic rings. The molecule has 0 unspecified atom stereocenters. The molecular formula is C20H26N6O. The molecule has 2 aromatic heterocycles. The summed E-state index contributed by atoms with van der Waals surface area (Å²) in [6, 6.07) is 4.22. The standard InChI is InChI=1S/C20H26N6O/c1-2-16(1)20-21-6-3-18(24-20)25-7-9-26(10-8-25)19-13-17(22-14-23-19)15-4-11-27-12-5-15/h3,6,13-16H,1-2,4-5,7-12H2. The first-order chi connectivity index (χ1) is 13.4. The second-order valence-electron chi connectivity index (χ2n) is 7.71. The Bertz CT molecular complexity index is 782. The van der Waals surface area contributed by atoms with Crippen LogP contribution < -0.4 is 9.80 Å². The Morgan fingerprint density at radius 2 is 1.56 bits per heavy atom. The summed E-state index contributed by atoms with van der Waals surface area (Å²) in [5, 5.41) is 0. The third-order valence-corrected chi connectivity index (χ3v) is 5.84. The Morgan fingerprint density at radius 1 is 0.815 bits per heavy atom. The summed E-state index contributed by atoms with van der Waals surface area (Å²) in [6.45, 7) is 5.49. The van der Waals surface area contributed by atoms with Crippen LogP contribution in [-0.4, -0.2) is 59.3 Å². The van der Waals surface area contributed by atoms with Crippen molar-refractivity contribution in [2.75, 3.05) is 49.2 Å². The van der Waals surface area contributed by atoms with Gasteiger partial charge in [-0.2, -0.15) is 0 Å². The molecule has 2 saturated heterocycles. The molecule has 0 bridgehead atoms. The fraction of sp³-hybridized carbons (Fsp3) is 0.600. The minimum absolute atomic E-state index is 0.503. The average Bonchev–Trinajstić information content (AvgIpc) is 3.60. The number of hydrogen-bond acceptors (Lipinski definition) is 7. The number of piperazine rings is 1. The Balaban J connectivity index is 1.24. The number of hydrogen-bond donors (Lipinski definition) is 0. The van der Waals surface area contributed by atoms with Crippen molar-refractivity contribution in [1.82, 2.24) is 19.9 Å². The maximum Gasteiger partial charge on any atom is 0.133 e. The van der Waals surface area contributed by atoms with Gasteiger partial charge in [-0.05, 0) is 31.7 Å². The molecule has 7 heteroatoms. The highest BCUT2D eigenvalue weighted by molar-refractivity contribution is 5.45. The lowest BCUT2D eigenvalue weighted by Gasteiger charge is -2.36. The quantitative estimate of drug-likeness (QED) is 0.823. The van der Waals surface area contributed by atoms with E-state index < -0.39 is 0 Å². The maximum absolute atomic E-state index is 5.48. The fourth-order valence-electron chi connectivity index (χ4n) is 3.99. The lowest BCUT2D eigenvalue weighted by atomic mass is 9.96. The summed E-state index contributed by atoms with van der Waals surface area (Å²) in [7, 11) is 0. The molecule has 3 aliphatic rings. The zero-order chi connectivity index (χ0) is 18.1. The summed E-state index contributed by atoms with van der Waals surface area (Å²) >= 11 is 0. The Kier molecular flexibility index (Phi) is 4.61. The van der Waals surface area contributed by atoms with Gasteiger partial charge >= 0.3 is 0 Å². The van der Waals surface area contributed by atoms with E-state index in [1.54, 1.807) is 6.33 Å². The minimum atomic E-state index is 0.503. The molecule has 142 valence electrons. The monoisotopic (exact) mass is 366 g/mol. The van der Waals surface area contributed by atoms with E-state index in [-0.39, 0.29) is 0 Å². The highest BCUT2D eigenvalue weighted by Gasteiger charge is 2.28. The zero-order valence-corrected chi connectivity index (χ0v) is 15.6. The summed E-state index contributed by atoms with van der Waals surface area (Å²) in [5.41, 5.74) is 1.16. The average molecular weight is 366 g/mol. The summed E-state index contributed by atoms with van der Waals surface area (Å²) < 4.78 is 5.48. The smallest absolute Gasteiger partial charge is 0.133 e. The van der Waals surface area contributed by atoms with Crippen LogP contribution in [0.5, 0.6) is 0 Å². The van der Waals surface area contributed by atoms with E-state index in [1.807, 2.05) is 12.3 Å². The van der Waals surface area contributed by atoms with Crippen molar-refractivity contribution in [3.8, 4) is 0 Å². The normalized spacial score (nSPS) is 21.5. The minimum Gasteiger partial charge on any atom is -0.381 e. The Labute approximate surface area is 159 Å². The third kappa shape index (κ3) is 3.74. The topological polar surface area (TPSA) is 67.3 Å². The number of aromatic nitrogens is 4. The first-order valence-corrected chi connectivity index (χ1v) is 10.1. The van der Waals surface area contributed by atoms with Crippen LogP contribution in [0.15, 0.2) is 24.7 Å². The van der Waals surface area contributed by atoms with Crippen molar-refractivity contribution in [2.45, 2.75) is 37.5 Å². The summed E-state index contributed by atoms with van der Waals surface area (Å²) in [4.78, 5) is 23.0. The largest absolute Gasteiger partial charge is 0.381 e. The zero-order valence-electron chi connectivity index (χ0n) is 15.6. The van der Waals surface area contributed by atoms with Gasteiger partial charge < -0.3 is 14.5 Å². The van der Waals surface area contributed by atoms with Gasteiger partial charge in [0.2, 0.25) is 0 Å². The van der Waals surface area contributed by atoms with Crippen LogP contribution in [0.4, 0.5) is 11.6 Å². The van der Waals surface area contributed by atoms with E-state index in [4.69, 9.17) is 9.72 Å². The van der Waals surface area contributed by atoms with E-state index in [0.717, 1.165) is 75.4 Å². The lowest BCUT2D eigenvalue weighted by Crippen LogP contribution is -2.47. The highest BCUT2D eigenvalue weighted by atomic mass is 16.5.